The van der Waals surface area contributed by atoms with E-state index in [0.29, 0.717) is 30.8 Å². The van der Waals surface area contributed by atoms with Crippen molar-refractivity contribution < 1.29 is 9.53 Å². The summed E-state index contributed by atoms with van der Waals surface area (Å²) in [4.78, 5) is 31.5. The van der Waals surface area contributed by atoms with Crippen LogP contribution in [0.1, 0.15) is 29.3 Å². The van der Waals surface area contributed by atoms with Crippen LogP contribution in [-0.2, 0) is 22.4 Å². The Hall–Kier alpha value is -2.99. The van der Waals surface area contributed by atoms with Crippen LogP contribution in [0.3, 0.4) is 0 Å². The molecule has 0 aliphatic carbocycles. The van der Waals surface area contributed by atoms with E-state index in [4.69, 9.17) is 4.74 Å². The Labute approximate surface area is 156 Å². The molecule has 2 aromatic carbocycles. The molecule has 4 rings (SSSR count). The first kappa shape index (κ1) is 17.4. The molecule has 3 aromatic rings. The minimum absolute atomic E-state index is 0.115. The molecule has 138 valence electrons. The van der Waals surface area contributed by atoms with Gasteiger partial charge in [-0.15, -0.1) is 0 Å². The van der Waals surface area contributed by atoms with E-state index in [9.17, 15) is 9.59 Å². The number of hydrogen-bond acceptors (Lipinski definition) is 4. The molecule has 6 nitrogen and oxygen atoms in total. The lowest BCUT2D eigenvalue weighted by atomic mass is 9.97. The van der Waals surface area contributed by atoms with Gasteiger partial charge < -0.3 is 15.0 Å². The van der Waals surface area contributed by atoms with Gasteiger partial charge in [0.25, 0.3) is 5.56 Å². The number of benzene rings is 2. The minimum atomic E-state index is -0.244. The average Bonchev–Trinajstić information content (AvgIpc) is 2.70. The third-order valence-corrected chi connectivity index (χ3v) is 4.84. The molecule has 0 spiro atoms. The van der Waals surface area contributed by atoms with Crippen LogP contribution in [0.5, 0.6) is 0 Å². The predicted octanol–water partition coefficient (Wildman–Crippen LogP) is 2.29. The van der Waals surface area contributed by atoms with Gasteiger partial charge in [0.15, 0.2) is 0 Å². The number of carbonyl (C=O) groups excluding carboxylic acids is 1. The number of nitrogens with zero attached hydrogens (tertiary/aromatic N) is 1. The Morgan fingerprint density at radius 1 is 1.19 bits per heavy atom. The molecule has 1 aliphatic rings. The van der Waals surface area contributed by atoms with Gasteiger partial charge in [-0.1, -0.05) is 36.4 Å². The van der Waals surface area contributed by atoms with Crippen LogP contribution in [0.4, 0.5) is 0 Å². The molecule has 1 aliphatic heterocycles. The molecule has 1 atom stereocenters. The van der Waals surface area contributed by atoms with Gasteiger partial charge in [-0.05, 0) is 29.7 Å². The van der Waals surface area contributed by atoms with E-state index in [2.05, 4.69) is 21.4 Å². The standard InChI is InChI=1S/C21H21N3O3/c25-20(22-13-19-15-6-2-1-5-14(15)11-12-27-19)10-9-18-21(26)24-17-8-4-3-7-16(17)23-18/h1-8,19H,9-13H2,(H,22,25)(H,24,26)/t19-/m0/s1. The number of rotatable bonds is 5. The molecule has 1 amide bonds. The SMILES string of the molecule is O=C(CCc1nc2ccccc2[nH]c1=O)NC[C@@H]1OCCc2ccccc21. The van der Waals surface area contributed by atoms with E-state index in [1.54, 1.807) is 0 Å². The average molecular weight is 363 g/mol. The van der Waals surface area contributed by atoms with Crippen molar-refractivity contribution in [2.45, 2.75) is 25.4 Å². The maximum absolute atomic E-state index is 12.2. The molecule has 0 radical (unpaired) electrons. The zero-order valence-corrected chi connectivity index (χ0v) is 14.9. The van der Waals surface area contributed by atoms with E-state index < -0.39 is 0 Å². The van der Waals surface area contributed by atoms with Crippen LogP contribution >= 0.6 is 0 Å². The number of para-hydroxylation sites is 2. The largest absolute Gasteiger partial charge is 0.371 e. The number of aryl methyl sites for hydroxylation is 1. The van der Waals surface area contributed by atoms with Gasteiger partial charge in [-0.2, -0.15) is 0 Å². The zero-order valence-electron chi connectivity index (χ0n) is 14.9. The van der Waals surface area contributed by atoms with Crippen LogP contribution < -0.4 is 10.9 Å². The lowest BCUT2D eigenvalue weighted by Crippen LogP contribution is -2.32. The highest BCUT2D eigenvalue weighted by atomic mass is 16.5. The zero-order chi connectivity index (χ0) is 18.6. The first-order valence-electron chi connectivity index (χ1n) is 9.15. The van der Waals surface area contributed by atoms with E-state index in [0.717, 1.165) is 17.5 Å². The van der Waals surface area contributed by atoms with Gasteiger partial charge in [0, 0.05) is 19.4 Å². The van der Waals surface area contributed by atoms with Crippen LogP contribution in [0, 0.1) is 0 Å². The quantitative estimate of drug-likeness (QED) is 0.728. The van der Waals surface area contributed by atoms with Gasteiger partial charge in [-0.3, -0.25) is 9.59 Å². The van der Waals surface area contributed by atoms with Gasteiger partial charge in [0.1, 0.15) is 11.8 Å². The number of fused-ring (bicyclic) bond motifs is 2. The second kappa shape index (κ2) is 7.72. The first-order chi connectivity index (χ1) is 13.2. The monoisotopic (exact) mass is 363 g/mol. The van der Waals surface area contributed by atoms with Crippen molar-refractivity contribution >= 4 is 16.9 Å². The summed E-state index contributed by atoms with van der Waals surface area (Å²) >= 11 is 0. The fraction of sp³-hybridized carbons (Fsp3) is 0.286. The van der Waals surface area contributed by atoms with Crippen molar-refractivity contribution in [3.8, 4) is 0 Å². The number of nitrogens with one attached hydrogen (secondary N) is 2. The number of carbonyl (C=O) groups is 1. The van der Waals surface area contributed by atoms with Crippen molar-refractivity contribution in [3.05, 3.63) is 75.7 Å². The van der Waals surface area contributed by atoms with Gasteiger partial charge in [0.05, 0.1) is 17.6 Å². The highest BCUT2D eigenvalue weighted by molar-refractivity contribution is 5.76. The Kier molecular flexibility index (Phi) is 4.98. The lowest BCUT2D eigenvalue weighted by molar-refractivity contribution is -0.121. The van der Waals surface area contributed by atoms with Crippen molar-refractivity contribution in [3.63, 3.8) is 0 Å². The summed E-state index contributed by atoms with van der Waals surface area (Å²) < 4.78 is 5.80. The summed E-state index contributed by atoms with van der Waals surface area (Å²) in [6.45, 7) is 1.09. The van der Waals surface area contributed by atoms with Gasteiger partial charge in [0.2, 0.25) is 5.91 Å². The van der Waals surface area contributed by atoms with Crippen LogP contribution in [0.15, 0.2) is 53.3 Å². The maximum atomic E-state index is 12.2. The second-order valence-corrected chi connectivity index (χ2v) is 6.64. The number of aromatic amines is 1. The molecule has 2 heterocycles. The number of hydrogen-bond donors (Lipinski definition) is 2. The van der Waals surface area contributed by atoms with Crippen LogP contribution in [-0.4, -0.2) is 29.0 Å². The summed E-state index contributed by atoms with van der Waals surface area (Å²) in [6, 6.07) is 15.5. The van der Waals surface area contributed by atoms with Crippen LogP contribution in [0.2, 0.25) is 0 Å². The number of aromatic nitrogens is 2. The molecular weight excluding hydrogens is 342 g/mol. The number of ether oxygens (including phenoxy) is 1. The van der Waals surface area contributed by atoms with Gasteiger partial charge in [-0.25, -0.2) is 4.98 Å². The number of H-pyrrole nitrogens is 1. The first-order valence-corrected chi connectivity index (χ1v) is 9.15. The normalized spacial score (nSPS) is 16.1. The maximum Gasteiger partial charge on any atom is 0.270 e. The molecule has 0 saturated carbocycles. The molecule has 1 aromatic heterocycles. The van der Waals surface area contributed by atoms with E-state index in [1.165, 1.54) is 5.56 Å². The molecule has 0 unspecified atom stereocenters. The third kappa shape index (κ3) is 3.90. The predicted molar refractivity (Wildman–Crippen MR) is 103 cm³/mol. The van der Waals surface area contributed by atoms with Crippen molar-refractivity contribution in [1.29, 1.82) is 0 Å². The Morgan fingerprint density at radius 2 is 2.00 bits per heavy atom. The van der Waals surface area contributed by atoms with E-state index in [1.807, 2.05) is 42.5 Å². The fourth-order valence-corrected chi connectivity index (χ4v) is 3.41. The molecule has 6 heteroatoms. The second-order valence-electron chi connectivity index (χ2n) is 6.64. The van der Waals surface area contributed by atoms with Crippen molar-refractivity contribution in [1.82, 2.24) is 15.3 Å². The summed E-state index contributed by atoms with van der Waals surface area (Å²) in [7, 11) is 0. The van der Waals surface area contributed by atoms with Crippen LogP contribution in [0.25, 0.3) is 11.0 Å². The summed E-state index contributed by atoms with van der Waals surface area (Å²) in [5.74, 6) is -0.115. The molecule has 0 fully saturated rings. The fourth-order valence-electron chi connectivity index (χ4n) is 3.41. The molecular formula is C21H21N3O3. The Morgan fingerprint density at radius 3 is 2.93 bits per heavy atom. The summed E-state index contributed by atoms with van der Waals surface area (Å²) in [5, 5.41) is 2.92. The minimum Gasteiger partial charge on any atom is -0.371 e. The number of amides is 1. The van der Waals surface area contributed by atoms with Gasteiger partial charge >= 0.3 is 0 Å². The molecule has 2 N–H and O–H groups in total. The Bertz CT molecular complexity index is 1030. The summed E-state index contributed by atoms with van der Waals surface area (Å²) in [5.41, 5.74) is 3.96. The highest BCUT2D eigenvalue weighted by Gasteiger charge is 2.20. The van der Waals surface area contributed by atoms with E-state index >= 15 is 0 Å². The molecule has 0 bridgehead atoms. The Balaban J connectivity index is 1.36. The van der Waals surface area contributed by atoms with Crippen molar-refractivity contribution in [2.75, 3.05) is 13.2 Å². The summed E-state index contributed by atoms with van der Waals surface area (Å²) in [6.07, 6.45) is 1.29. The molecule has 27 heavy (non-hydrogen) atoms. The highest BCUT2D eigenvalue weighted by Crippen LogP contribution is 2.26. The molecule has 0 saturated heterocycles. The van der Waals surface area contributed by atoms with E-state index in [-0.39, 0.29) is 24.0 Å². The smallest absolute Gasteiger partial charge is 0.270 e. The lowest BCUT2D eigenvalue weighted by Gasteiger charge is -2.26. The topological polar surface area (TPSA) is 84.1 Å². The van der Waals surface area contributed by atoms with Crippen molar-refractivity contribution in [2.24, 2.45) is 0 Å². The third-order valence-electron chi connectivity index (χ3n) is 4.84.